The lowest BCUT2D eigenvalue weighted by molar-refractivity contribution is -0.386. The van der Waals surface area contributed by atoms with E-state index >= 15 is 0 Å². The summed E-state index contributed by atoms with van der Waals surface area (Å²) in [4.78, 5) is 26.4. The zero-order valence-corrected chi connectivity index (χ0v) is 18.6. The predicted octanol–water partition coefficient (Wildman–Crippen LogP) is 4.70. The van der Waals surface area contributed by atoms with Crippen molar-refractivity contribution in [3.63, 3.8) is 0 Å². The van der Waals surface area contributed by atoms with Crippen molar-refractivity contribution >= 4 is 17.7 Å². The first-order valence-corrected chi connectivity index (χ1v) is 10.4. The van der Waals surface area contributed by atoms with Crippen molar-refractivity contribution < 1.29 is 19.2 Å². The summed E-state index contributed by atoms with van der Waals surface area (Å²) in [5, 5.41) is 22.6. The van der Waals surface area contributed by atoms with Gasteiger partial charge in [0.15, 0.2) is 11.3 Å². The van der Waals surface area contributed by atoms with E-state index < -0.39 is 16.4 Å². The van der Waals surface area contributed by atoms with Crippen LogP contribution in [-0.4, -0.2) is 29.9 Å². The van der Waals surface area contributed by atoms with E-state index in [2.05, 4.69) is 6.07 Å². The van der Waals surface area contributed by atoms with Crippen molar-refractivity contribution in [2.45, 2.75) is 12.0 Å². The van der Waals surface area contributed by atoms with Crippen LogP contribution in [0.25, 0.3) is 6.08 Å². The molecule has 0 saturated heterocycles. The van der Waals surface area contributed by atoms with Gasteiger partial charge in [0.1, 0.15) is 0 Å². The molecule has 1 atom stereocenters. The molecule has 0 radical (unpaired) electrons. The summed E-state index contributed by atoms with van der Waals surface area (Å²) in [6.07, 6.45) is 3.18. The Hall–Kier alpha value is -4.64. The average Bonchev–Trinajstić information content (AvgIpc) is 2.88. The monoisotopic (exact) mass is 455 g/mol. The second-order valence-electron chi connectivity index (χ2n) is 7.66. The first kappa shape index (κ1) is 22.6. The molecule has 3 aromatic carbocycles. The molecule has 1 aliphatic heterocycles. The quantitative estimate of drug-likeness (QED) is 0.394. The molecule has 34 heavy (non-hydrogen) atoms. The number of fused-ring (bicyclic) bond motifs is 1. The van der Waals surface area contributed by atoms with Crippen LogP contribution >= 0.6 is 0 Å². The Balaban J connectivity index is 1.94. The number of carbonyl (C=O) groups excluding carboxylic acids is 1. The number of hydrogen-bond donors (Lipinski definition) is 0. The largest absolute Gasteiger partial charge is 0.493 e. The number of rotatable bonds is 6. The van der Waals surface area contributed by atoms with Gasteiger partial charge in [0.05, 0.1) is 25.2 Å². The van der Waals surface area contributed by atoms with Crippen LogP contribution in [0.4, 0.5) is 5.69 Å². The highest BCUT2D eigenvalue weighted by molar-refractivity contribution is 5.97. The molecule has 1 amide bonds. The summed E-state index contributed by atoms with van der Waals surface area (Å²) in [5.74, 6) is -0.236. The fourth-order valence-corrected chi connectivity index (χ4v) is 4.30. The van der Waals surface area contributed by atoms with Gasteiger partial charge in [0.2, 0.25) is 5.75 Å². The Morgan fingerprint density at radius 2 is 1.76 bits per heavy atom. The topological polar surface area (TPSA) is 106 Å². The maximum Gasteiger partial charge on any atom is 0.318 e. The number of nitriles is 1. The second kappa shape index (κ2) is 9.08. The lowest BCUT2D eigenvalue weighted by Gasteiger charge is -2.40. The molecule has 0 spiro atoms. The predicted molar refractivity (Wildman–Crippen MR) is 125 cm³/mol. The molecule has 0 aromatic heterocycles. The SMILES string of the molecule is COc1ccc(CC2(C#N)c3ccccc3C=CN2C(=O)c2ccccc2)c([N+](=O)[O-])c1OC. The normalized spacial score (nSPS) is 16.3. The Morgan fingerprint density at radius 1 is 1.06 bits per heavy atom. The number of benzene rings is 3. The van der Waals surface area contributed by atoms with Crippen LogP contribution < -0.4 is 9.47 Å². The van der Waals surface area contributed by atoms with E-state index in [9.17, 15) is 20.2 Å². The van der Waals surface area contributed by atoms with Gasteiger partial charge in [-0.2, -0.15) is 5.26 Å². The molecule has 3 aromatic rings. The highest BCUT2D eigenvalue weighted by atomic mass is 16.6. The van der Waals surface area contributed by atoms with E-state index in [1.54, 1.807) is 60.8 Å². The average molecular weight is 455 g/mol. The number of nitrogens with zero attached hydrogens (tertiary/aromatic N) is 3. The number of amides is 1. The summed E-state index contributed by atoms with van der Waals surface area (Å²) in [6.45, 7) is 0. The summed E-state index contributed by atoms with van der Waals surface area (Å²) < 4.78 is 10.5. The number of nitro benzene ring substituents is 1. The van der Waals surface area contributed by atoms with Gasteiger partial charge in [0.25, 0.3) is 5.91 Å². The fourth-order valence-electron chi connectivity index (χ4n) is 4.30. The molecule has 8 nitrogen and oxygen atoms in total. The van der Waals surface area contributed by atoms with E-state index in [1.165, 1.54) is 25.2 Å². The Bertz CT molecular complexity index is 1330. The van der Waals surface area contributed by atoms with E-state index in [0.717, 1.165) is 5.56 Å². The molecule has 0 saturated carbocycles. The summed E-state index contributed by atoms with van der Waals surface area (Å²) in [5.41, 5.74) is 0.115. The lowest BCUT2D eigenvalue weighted by Crippen LogP contribution is -2.49. The standard InChI is InChI=1S/C26H21N3O5/c1-33-22-13-12-20(23(29(31)32)24(22)34-2)16-26(17-27)21-11-7-6-8-18(21)14-15-28(26)25(30)19-9-4-3-5-10-19/h3-15H,16H2,1-2H3. The van der Waals surface area contributed by atoms with Crippen molar-refractivity contribution in [3.8, 4) is 17.6 Å². The van der Waals surface area contributed by atoms with Gasteiger partial charge >= 0.3 is 5.69 Å². The summed E-state index contributed by atoms with van der Waals surface area (Å²) >= 11 is 0. The number of hydrogen-bond acceptors (Lipinski definition) is 6. The van der Waals surface area contributed by atoms with Crippen molar-refractivity contribution in [2.24, 2.45) is 0 Å². The van der Waals surface area contributed by atoms with Crippen LogP contribution in [0.15, 0.2) is 72.9 Å². The number of nitro groups is 1. The summed E-state index contributed by atoms with van der Waals surface area (Å²) in [7, 11) is 2.71. The van der Waals surface area contributed by atoms with Gasteiger partial charge in [-0.1, -0.05) is 42.5 Å². The van der Waals surface area contributed by atoms with Crippen molar-refractivity contribution in [2.75, 3.05) is 14.2 Å². The molecule has 0 aliphatic carbocycles. The van der Waals surface area contributed by atoms with E-state index in [-0.39, 0.29) is 29.2 Å². The van der Waals surface area contributed by atoms with Gasteiger partial charge in [-0.3, -0.25) is 19.8 Å². The molecule has 1 unspecified atom stereocenters. The number of ether oxygens (including phenoxy) is 2. The van der Waals surface area contributed by atoms with Gasteiger partial charge in [-0.25, -0.2) is 0 Å². The van der Waals surface area contributed by atoms with Gasteiger partial charge in [-0.15, -0.1) is 0 Å². The second-order valence-corrected chi connectivity index (χ2v) is 7.66. The number of carbonyl (C=O) groups is 1. The Labute approximate surface area is 196 Å². The minimum atomic E-state index is -1.54. The van der Waals surface area contributed by atoms with Gasteiger partial charge in [-0.05, 0) is 41.5 Å². The van der Waals surface area contributed by atoms with E-state index in [0.29, 0.717) is 11.1 Å². The van der Waals surface area contributed by atoms with Crippen molar-refractivity contribution in [3.05, 3.63) is 105 Å². The smallest absolute Gasteiger partial charge is 0.318 e. The molecule has 8 heteroatoms. The minimum Gasteiger partial charge on any atom is -0.493 e. The Morgan fingerprint density at radius 3 is 2.41 bits per heavy atom. The van der Waals surface area contributed by atoms with Crippen LogP contribution in [0.3, 0.4) is 0 Å². The van der Waals surface area contributed by atoms with E-state index in [1.807, 2.05) is 12.1 Å². The highest BCUT2D eigenvalue weighted by Crippen LogP contribution is 2.45. The molecule has 0 bridgehead atoms. The van der Waals surface area contributed by atoms with Crippen LogP contribution in [0.1, 0.15) is 27.0 Å². The van der Waals surface area contributed by atoms with Gasteiger partial charge < -0.3 is 9.47 Å². The first-order valence-electron chi connectivity index (χ1n) is 10.4. The number of methoxy groups -OCH3 is 2. The highest BCUT2D eigenvalue weighted by Gasteiger charge is 2.46. The van der Waals surface area contributed by atoms with Crippen LogP contribution in [0.2, 0.25) is 0 Å². The molecule has 0 N–H and O–H groups in total. The Kier molecular flexibility index (Phi) is 6.02. The van der Waals surface area contributed by atoms with E-state index in [4.69, 9.17) is 9.47 Å². The fraction of sp³-hybridized carbons (Fsp3) is 0.154. The lowest BCUT2D eigenvalue weighted by atomic mass is 9.78. The molecular formula is C26H21N3O5. The molecule has 1 heterocycles. The molecule has 170 valence electrons. The van der Waals surface area contributed by atoms with Gasteiger partial charge in [0, 0.05) is 23.7 Å². The van der Waals surface area contributed by atoms with Crippen molar-refractivity contribution in [1.82, 2.24) is 4.90 Å². The van der Waals surface area contributed by atoms with Crippen molar-refractivity contribution in [1.29, 1.82) is 5.26 Å². The van der Waals surface area contributed by atoms with Crippen LogP contribution in [0, 0.1) is 21.4 Å². The third-order valence-electron chi connectivity index (χ3n) is 5.88. The zero-order valence-electron chi connectivity index (χ0n) is 18.6. The molecular weight excluding hydrogens is 434 g/mol. The minimum absolute atomic E-state index is 0.0429. The maximum atomic E-state index is 13.6. The third-order valence-corrected chi connectivity index (χ3v) is 5.88. The third kappa shape index (κ3) is 3.63. The molecule has 1 aliphatic rings. The van der Waals surface area contributed by atoms with Crippen LogP contribution in [-0.2, 0) is 12.0 Å². The summed E-state index contributed by atoms with van der Waals surface area (Å²) in [6, 6.07) is 21.2. The maximum absolute atomic E-state index is 13.6. The van der Waals surface area contributed by atoms with Crippen LogP contribution in [0.5, 0.6) is 11.5 Å². The molecule has 4 rings (SSSR count). The first-order chi connectivity index (χ1) is 16.5. The molecule has 0 fully saturated rings. The zero-order chi connectivity index (χ0) is 24.3.